The molecule has 0 unspecified atom stereocenters. The van der Waals surface area contributed by atoms with E-state index in [2.05, 4.69) is 0 Å². The summed E-state index contributed by atoms with van der Waals surface area (Å²) >= 11 is 6.41. The van der Waals surface area contributed by atoms with E-state index in [1.807, 2.05) is 72.8 Å². The molecule has 5 rings (SSSR count). The van der Waals surface area contributed by atoms with Gasteiger partial charge in [0.2, 0.25) is 5.91 Å². The zero-order valence-electron chi connectivity index (χ0n) is 17.0. The lowest BCUT2D eigenvalue weighted by molar-refractivity contribution is -0.192. The van der Waals surface area contributed by atoms with Crippen molar-refractivity contribution in [1.29, 1.82) is 0 Å². The molecule has 2 atom stereocenters. The van der Waals surface area contributed by atoms with Crippen molar-refractivity contribution in [1.82, 2.24) is 4.90 Å². The van der Waals surface area contributed by atoms with Gasteiger partial charge in [0, 0.05) is 23.3 Å². The van der Waals surface area contributed by atoms with Gasteiger partial charge in [-0.15, -0.1) is 0 Å². The van der Waals surface area contributed by atoms with Crippen LogP contribution in [0.15, 0.2) is 78.9 Å². The molecule has 2 aliphatic rings. The zero-order chi connectivity index (χ0) is 21.6. The van der Waals surface area contributed by atoms with Gasteiger partial charge in [0.25, 0.3) is 5.91 Å². The third-order valence-corrected chi connectivity index (χ3v) is 6.40. The molecule has 1 fully saturated rings. The van der Waals surface area contributed by atoms with E-state index in [0.717, 1.165) is 22.4 Å². The zero-order valence-corrected chi connectivity index (χ0v) is 17.8. The number of fused-ring (bicyclic) bond motifs is 3. The quantitative estimate of drug-likeness (QED) is 0.586. The number of halogens is 1. The topological polar surface area (TPSA) is 49.9 Å². The third kappa shape index (κ3) is 2.96. The normalized spacial score (nSPS) is 22.5. The van der Waals surface area contributed by atoms with Crippen LogP contribution in [-0.4, -0.2) is 36.4 Å². The number of rotatable bonds is 4. The van der Waals surface area contributed by atoms with Gasteiger partial charge >= 0.3 is 0 Å². The predicted molar refractivity (Wildman–Crippen MR) is 119 cm³/mol. The SMILES string of the molecule is CN1C(=O)CN2C(=O)[C@@H](OCc3ccccc3)[C@@]2(c2ccccc2)c2cc(Cl)ccc21. The molecular formula is C25H21ClN2O3. The molecule has 6 heteroatoms. The number of ether oxygens (including phenoxy) is 1. The van der Waals surface area contributed by atoms with Gasteiger partial charge < -0.3 is 14.5 Å². The van der Waals surface area contributed by atoms with Crippen molar-refractivity contribution < 1.29 is 14.3 Å². The predicted octanol–water partition coefficient (Wildman–Crippen LogP) is 3.99. The Labute approximate surface area is 185 Å². The van der Waals surface area contributed by atoms with Gasteiger partial charge in [0.1, 0.15) is 12.1 Å². The number of carbonyl (C=O) groups is 2. The van der Waals surface area contributed by atoms with Gasteiger partial charge in [-0.05, 0) is 29.3 Å². The van der Waals surface area contributed by atoms with Gasteiger partial charge in [0.15, 0.2) is 6.10 Å². The Kier molecular flexibility index (Phi) is 4.80. The summed E-state index contributed by atoms with van der Waals surface area (Å²) in [7, 11) is 1.73. The Balaban J connectivity index is 1.69. The average Bonchev–Trinajstić information content (AvgIpc) is 2.88. The monoisotopic (exact) mass is 432 g/mol. The largest absolute Gasteiger partial charge is 0.360 e. The van der Waals surface area contributed by atoms with E-state index in [1.54, 1.807) is 22.9 Å². The van der Waals surface area contributed by atoms with Gasteiger partial charge in [-0.1, -0.05) is 72.3 Å². The minimum absolute atomic E-state index is 0.0261. The van der Waals surface area contributed by atoms with Crippen molar-refractivity contribution >= 4 is 29.1 Å². The van der Waals surface area contributed by atoms with Crippen molar-refractivity contribution in [3.63, 3.8) is 0 Å². The van der Waals surface area contributed by atoms with Crippen molar-refractivity contribution in [3.8, 4) is 0 Å². The van der Waals surface area contributed by atoms with Crippen LogP contribution < -0.4 is 4.90 Å². The fourth-order valence-corrected chi connectivity index (χ4v) is 4.81. The number of likely N-dealkylation sites (N-methyl/N-ethyl adjacent to an activating group) is 1. The average molecular weight is 433 g/mol. The van der Waals surface area contributed by atoms with Crippen LogP contribution >= 0.6 is 11.6 Å². The number of amides is 2. The molecule has 2 amide bonds. The van der Waals surface area contributed by atoms with Crippen molar-refractivity contribution in [3.05, 3.63) is 101 Å². The van der Waals surface area contributed by atoms with Gasteiger partial charge in [-0.2, -0.15) is 0 Å². The van der Waals surface area contributed by atoms with E-state index in [4.69, 9.17) is 16.3 Å². The van der Waals surface area contributed by atoms with E-state index in [1.165, 1.54) is 0 Å². The highest BCUT2D eigenvalue weighted by Crippen LogP contribution is 2.53. The molecule has 156 valence electrons. The molecule has 0 N–H and O–H groups in total. The van der Waals surface area contributed by atoms with Gasteiger partial charge in [0.05, 0.1) is 6.61 Å². The summed E-state index contributed by atoms with van der Waals surface area (Å²) < 4.78 is 6.26. The Bertz CT molecular complexity index is 1150. The first-order chi connectivity index (χ1) is 15.0. The summed E-state index contributed by atoms with van der Waals surface area (Å²) in [6, 6.07) is 24.9. The third-order valence-electron chi connectivity index (χ3n) is 6.17. The first-order valence-corrected chi connectivity index (χ1v) is 10.5. The Morgan fingerprint density at radius 3 is 2.39 bits per heavy atom. The Hall–Kier alpha value is -3.15. The van der Waals surface area contributed by atoms with Gasteiger partial charge in [-0.25, -0.2) is 0 Å². The highest BCUT2D eigenvalue weighted by Gasteiger charge is 2.65. The second-order valence-corrected chi connectivity index (χ2v) is 8.28. The molecule has 0 radical (unpaired) electrons. The number of hydrogen-bond acceptors (Lipinski definition) is 3. The van der Waals surface area contributed by atoms with Crippen LogP contribution in [0, 0.1) is 0 Å². The van der Waals surface area contributed by atoms with Gasteiger partial charge in [-0.3, -0.25) is 9.59 Å². The summed E-state index contributed by atoms with van der Waals surface area (Å²) in [5.74, 6) is -0.356. The van der Waals surface area contributed by atoms with E-state index in [9.17, 15) is 9.59 Å². The molecule has 0 aromatic heterocycles. The second kappa shape index (κ2) is 7.52. The maximum atomic E-state index is 13.3. The number of carbonyl (C=O) groups excluding carboxylic acids is 2. The number of nitrogens with zero attached hydrogens (tertiary/aromatic N) is 2. The molecule has 0 saturated carbocycles. The summed E-state index contributed by atoms with van der Waals surface area (Å²) in [5.41, 5.74) is 2.44. The molecule has 0 bridgehead atoms. The minimum Gasteiger partial charge on any atom is -0.360 e. The molecule has 3 aromatic rings. The standard InChI is InChI=1S/C25H21ClN2O3/c1-27-21-13-12-19(26)14-20(21)25(18-10-6-3-7-11-18)23(24(30)28(25)15-22(27)29)31-16-17-8-4-2-5-9-17/h2-14,23H,15-16H2,1H3/t23-,25-/m1/s1. The molecule has 3 aromatic carbocycles. The maximum Gasteiger partial charge on any atom is 0.256 e. The molecule has 0 spiro atoms. The van der Waals surface area contributed by atoms with E-state index in [0.29, 0.717) is 11.6 Å². The van der Waals surface area contributed by atoms with Crippen molar-refractivity contribution in [2.75, 3.05) is 18.5 Å². The van der Waals surface area contributed by atoms with Crippen LogP contribution in [0.3, 0.4) is 0 Å². The van der Waals surface area contributed by atoms with Crippen LogP contribution in [0.25, 0.3) is 0 Å². The first kappa shape index (κ1) is 19.8. The molecule has 31 heavy (non-hydrogen) atoms. The molecule has 0 aliphatic carbocycles. The minimum atomic E-state index is -0.937. The first-order valence-electron chi connectivity index (χ1n) is 10.1. The van der Waals surface area contributed by atoms with Crippen LogP contribution in [-0.2, 0) is 26.5 Å². The lowest BCUT2D eigenvalue weighted by atomic mass is 9.69. The van der Waals surface area contributed by atoms with Crippen molar-refractivity contribution in [2.45, 2.75) is 18.2 Å². The summed E-state index contributed by atoms with van der Waals surface area (Å²) in [6.07, 6.45) is -0.772. The van der Waals surface area contributed by atoms with Crippen LogP contribution in [0.1, 0.15) is 16.7 Å². The molecule has 2 heterocycles. The van der Waals surface area contributed by atoms with Crippen LogP contribution in [0.4, 0.5) is 5.69 Å². The van der Waals surface area contributed by atoms with Crippen LogP contribution in [0.2, 0.25) is 5.02 Å². The number of anilines is 1. The Morgan fingerprint density at radius 1 is 1.00 bits per heavy atom. The van der Waals surface area contributed by atoms with E-state index >= 15 is 0 Å². The number of β-lactam (4-membered cyclic amide) rings is 1. The molecule has 1 saturated heterocycles. The Morgan fingerprint density at radius 2 is 1.68 bits per heavy atom. The highest BCUT2D eigenvalue weighted by atomic mass is 35.5. The number of benzene rings is 3. The fraction of sp³-hybridized carbons (Fsp3) is 0.200. The smallest absolute Gasteiger partial charge is 0.256 e. The second-order valence-electron chi connectivity index (χ2n) is 7.85. The molecule has 5 nitrogen and oxygen atoms in total. The number of hydrogen-bond donors (Lipinski definition) is 0. The molecular weight excluding hydrogens is 412 g/mol. The van der Waals surface area contributed by atoms with Crippen LogP contribution in [0.5, 0.6) is 0 Å². The summed E-state index contributed by atoms with van der Waals surface area (Å²) in [4.78, 5) is 29.4. The maximum absolute atomic E-state index is 13.3. The fourth-order valence-electron chi connectivity index (χ4n) is 4.64. The summed E-state index contributed by atoms with van der Waals surface area (Å²) in [6.45, 7) is 0.265. The summed E-state index contributed by atoms with van der Waals surface area (Å²) in [5, 5.41) is 0.540. The van der Waals surface area contributed by atoms with Crippen molar-refractivity contribution in [2.24, 2.45) is 0 Å². The molecule has 2 aliphatic heterocycles. The lowest BCUT2D eigenvalue weighted by Crippen LogP contribution is -2.73. The van der Waals surface area contributed by atoms with E-state index in [-0.39, 0.29) is 18.4 Å². The highest BCUT2D eigenvalue weighted by molar-refractivity contribution is 6.30. The van der Waals surface area contributed by atoms with E-state index < -0.39 is 11.6 Å². The lowest BCUT2D eigenvalue weighted by Gasteiger charge is -2.56.